The summed E-state index contributed by atoms with van der Waals surface area (Å²) in [5, 5.41) is 0. The molecule has 0 atom stereocenters. The first-order valence-electron chi connectivity index (χ1n) is 8.83. The van der Waals surface area contributed by atoms with Gasteiger partial charge in [0.1, 0.15) is 11.5 Å². The second-order valence-corrected chi connectivity index (χ2v) is 7.26. The zero-order valence-electron chi connectivity index (χ0n) is 15.7. The van der Waals surface area contributed by atoms with Gasteiger partial charge >= 0.3 is 0 Å². The first-order valence-corrected chi connectivity index (χ1v) is 8.83. The lowest BCUT2D eigenvalue weighted by Crippen LogP contribution is -2.10. The molecule has 0 spiro atoms. The molecule has 3 heteroatoms. The van der Waals surface area contributed by atoms with Gasteiger partial charge in [0.2, 0.25) is 0 Å². The average molecular weight is 340 g/mol. The maximum atomic E-state index is 11.2. The lowest BCUT2D eigenvalue weighted by molar-refractivity contribution is 0.101. The van der Waals surface area contributed by atoms with Crippen molar-refractivity contribution in [2.45, 2.75) is 46.0 Å². The second-order valence-electron chi connectivity index (χ2n) is 7.26. The van der Waals surface area contributed by atoms with Gasteiger partial charge in [0.25, 0.3) is 0 Å². The van der Waals surface area contributed by atoms with Crippen LogP contribution in [0, 0.1) is 0 Å². The van der Waals surface area contributed by atoms with Gasteiger partial charge in [-0.05, 0) is 67.1 Å². The van der Waals surface area contributed by atoms with E-state index in [4.69, 9.17) is 9.47 Å². The van der Waals surface area contributed by atoms with Crippen molar-refractivity contribution < 1.29 is 14.3 Å². The van der Waals surface area contributed by atoms with Crippen LogP contribution in [-0.4, -0.2) is 19.0 Å². The van der Waals surface area contributed by atoms with E-state index in [2.05, 4.69) is 32.9 Å². The molecule has 0 unspecified atom stereocenters. The number of ketones is 1. The molecule has 0 aliphatic heterocycles. The molecule has 0 aliphatic carbocycles. The first kappa shape index (κ1) is 19.0. The molecule has 0 amide bonds. The Bertz CT molecular complexity index is 664. The molecule has 0 saturated carbocycles. The fourth-order valence-corrected chi connectivity index (χ4v) is 2.42. The largest absolute Gasteiger partial charge is 0.494 e. The number of carbonyl (C=O) groups is 1. The number of Topliss-reactive ketones (excluding diaryl/α,β-unsaturated/α-hetero) is 1. The van der Waals surface area contributed by atoms with E-state index in [9.17, 15) is 4.79 Å². The van der Waals surface area contributed by atoms with Crippen LogP contribution < -0.4 is 9.47 Å². The number of unbranched alkanes of at least 4 members (excludes halogenated alkanes) is 1. The minimum Gasteiger partial charge on any atom is -0.494 e. The summed E-state index contributed by atoms with van der Waals surface area (Å²) in [6, 6.07) is 15.6. The molecule has 0 radical (unpaired) electrons. The minimum atomic E-state index is 0.0687. The zero-order chi connectivity index (χ0) is 18.3. The normalized spacial score (nSPS) is 11.2. The number of hydrogen-bond acceptors (Lipinski definition) is 3. The molecule has 0 fully saturated rings. The van der Waals surface area contributed by atoms with Gasteiger partial charge in [0, 0.05) is 5.56 Å². The summed E-state index contributed by atoms with van der Waals surface area (Å²) in [7, 11) is 0. The third kappa shape index (κ3) is 6.26. The van der Waals surface area contributed by atoms with E-state index in [1.807, 2.05) is 24.3 Å². The molecular weight excluding hydrogens is 312 g/mol. The summed E-state index contributed by atoms with van der Waals surface area (Å²) in [5.74, 6) is 1.77. The Kier molecular flexibility index (Phi) is 6.63. The highest BCUT2D eigenvalue weighted by Gasteiger charge is 2.12. The number of ether oxygens (including phenoxy) is 2. The Hall–Kier alpha value is -2.29. The Labute approximate surface area is 151 Å². The SMILES string of the molecule is CC(=O)c1ccc(OCCCCOc2ccc(C(C)(C)C)cc2)cc1. The molecule has 0 aliphatic rings. The number of carbonyl (C=O) groups excluding carboxylic acids is 1. The fraction of sp³-hybridized carbons (Fsp3) is 0.409. The molecule has 2 rings (SSSR count). The van der Waals surface area contributed by atoms with E-state index in [0.29, 0.717) is 18.8 Å². The Morgan fingerprint density at radius 1 is 0.800 bits per heavy atom. The molecule has 0 aromatic heterocycles. The number of hydrogen-bond donors (Lipinski definition) is 0. The molecule has 0 N–H and O–H groups in total. The Morgan fingerprint density at radius 2 is 1.24 bits per heavy atom. The molecule has 2 aromatic rings. The van der Waals surface area contributed by atoms with Crippen molar-refractivity contribution in [3.63, 3.8) is 0 Å². The van der Waals surface area contributed by atoms with Crippen LogP contribution in [0.15, 0.2) is 48.5 Å². The summed E-state index contributed by atoms with van der Waals surface area (Å²) in [4.78, 5) is 11.2. The predicted octanol–water partition coefficient (Wildman–Crippen LogP) is 5.42. The lowest BCUT2D eigenvalue weighted by Gasteiger charge is -2.19. The van der Waals surface area contributed by atoms with Crippen LogP contribution in [0.3, 0.4) is 0 Å². The van der Waals surface area contributed by atoms with E-state index in [1.165, 1.54) is 5.56 Å². The number of rotatable bonds is 8. The summed E-state index contributed by atoms with van der Waals surface area (Å²) < 4.78 is 11.5. The summed E-state index contributed by atoms with van der Waals surface area (Å²) in [6.45, 7) is 9.50. The van der Waals surface area contributed by atoms with Gasteiger partial charge in [-0.1, -0.05) is 32.9 Å². The summed E-state index contributed by atoms with van der Waals surface area (Å²) in [6.07, 6.45) is 1.86. The van der Waals surface area contributed by atoms with E-state index in [0.717, 1.165) is 24.3 Å². The van der Waals surface area contributed by atoms with Gasteiger partial charge < -0.3 is 9.47 Å². The van der Waals surface area contributed by atoms with E-state index in [1.54, 1.807) is 19.1 Å². The maximum absolute atomic E-state index is 11.2. The van der Waals surface area contributed by atoms with Crippen LogP contribution in [0.1, 0.15) is 56.5 Å². The quantitative estimate of drug-likeness (QED) is 0.475. The lowest BCUT2D eigenvalue weighted by atomic mass is 9.87. The van der Waals surface area contributed by atoms with Crippen LogP contribution >= 0.6 is 0 Å². The predicted molar refractivity (Wildman–Crippen MR) is 102 cm³/mol. The van der Waals surface area contributed by atoms with Crippen LogP contribution in [-0.2, 0) is 5.41 Å². The van der Waals surface area contributed by atoms with Gasteiger partial charge in [-0.25, -0.2) is 0 Å². The molecule has 3 nitrogen and oxygen atoms in total. The number of benzene rings is 2. The van der Waals surface area contributed by atoms with Gasteiger partial charge in [-0.2, -0.15) is 0 Å². The zero-order valence-corrected chi connectivity index (χ0v) is 15.7. The highest BCUT2D eigenvalue weighted by molar-refractivity contribution is 5.94. The second kappa shape index (κ2) is 8.70. The van der Waals surface area contributed by atoms with Crippen molar-refractivity contribution in [3.05, 3.63) is 59.7 Å². The molecule has 2 aromatic carbocycles. The van der Waals surface area contributed by atoms with Gasteiger partial charge in [-0.3, -0.25) is 4.79 Å². The summed E-state index contributed by atoms with van der Waals surface area (Å²) in [5.41, 5.74) is 2.18. The molecular formula is C22H28O3. The topological polar surface area (TPSA) is 35.5 Å². The van der Waals surface area contributed by atoms with Gasteiger partial charge in [0.05, 0.1) is 13.2 Å². The van der Waals surface area contributed by atoms with E-state index < -0.39 is 0 Å². The smallest absolute Gasteiger partial charge is 0.159 e. The van der Waals surface area contributed by atoms with Crippen molar-refractivity contribution in [2.24, 2.45) is 0 Å². The van der Waals surface area contributed by atoms with Crippen LogP contribution in [0.2, 0.25) is 0 Å². The van der Waals surface area contributed by atoms with E-state index in [-0.39, 0.29) is 11.2 Å². The van der Waals surface area contributed by atoms with Gasteiger partial charge in [0.15, 0.2) is 5.78 Å². The van der Waals surface area contributed by atoms with Crippen molar-refractivity contribution in [1.82, 2.24) is 0 Å². The minimum absolute atomic E-state index is 0.0687. The fourth-order valence-electron chi connectivity index (χ4n) is 2.42. The van der Waals surface area contributed by atoms with Crippen LogP contribution in [0.4, 0.5) is 0 Å². The average Bonchev–Trinajstić information content (AvgIpc) is 2.58. The highest BCUT2D eigenvalue weighted by atomic mass is 16.5. The molecule has 0 heterocycles. The van der Waals surface area contributed by atoms with Crippen molar-refractivity contribution in [3.8, 4) is 11.5 Å². The monoisotopic (exact) mass is 340 g/mol. The third-order valence-corrected chi connectivity index (χ3v) is 4.06. The standard InChI is InChI=1S/C22H28O3/c1-17(23)18-7-11-20(12-8-18)24-15-5-6-16-25-21-13-9-19(10-14-21)22(2,3)4/h7-14H,5-6,15-16H2,1-4H3. The maximum Gasteiger partial charge on any atom is 0.159 e. The molecule has 134 valence electrons. The Balaban J connectivity index is 1.64. The highest BCUT2D eigenvalue weighted by Crippen LogP contribution is 2.24. The first-order chi connectivity index (χ1) is 11.9. The van der Waals surface area contributed by atoms with Crippen molar-refractivity contribution in [2.75, 3.05) is 13.2 Å². The van der Waals surface area contributed by atoms with Gasteiger partial charge in [-0.15, -0.1) is 0 Å². The van der Waals surface area contributed by atoms with Crippen LogP contribution in [0.5, 0.6) is 11.5 Å². The molecule has 25 heavy (non-hydrogen) atoms. The van der Waals surface area contributed by atoms with Crippen LogP contribution in [0.25, 0.3) is 0 Å². The molecule has 0 bridgehead atoms. The molecule has 0 saturated heterocycles. The summed E-state index contributed by atoms with van der Waals surface area (Å²) >= 11 is 0. The van der Waals surface area contributed by atoms with E-state index >= 15 is 0 Å². The van der Waals surface area contributed by atoms with Crippen molar-refractivity contribution >= 4 is 5.78 Å². The Morgan fingerprint density at radius 3 is 1.64 bits per heavy atom. The van der Waals surface area contributed by atoms with Crippen molar-refractivity contribution in [1.29, 1.82) is 0 Å². The third-order valence-electron chi connectivity index (χ3n) is 4.06.